The molecule has 3 aromatic carbocycles. The van der Waals surface area contributed by atoms with Gasteiger partial charge in [0.25, 0.3) is 0 Å². The van der Waals surface area contributed by atoms with Gasteiger partial charge in [0.1, 0.15) is 18.1 Å². The van der Waals surface area contributed by atoms with Crippen molar-refractivity contribution in [3.05, 3.63) is 126 Å². The molecule has 1 N–H and O–H groups in total. The first-order valence-electron chi connectivity index (χ1n) is 13.3. The number of amides is 1. The first kappa shape index (κ1) is 28.0. The van der Waals surface area contributed by atoms with Crippen molar-refractivity contribution in [2.45, 2.75) is 27.4 Å². The van der Waals surface area contributed by atoms with Gasteiger partial charge in [-0.05, 0) is 68.8 Å². The number of anilines is 1. The van der Waals surface area contributed by atoms with E-state index in [2.05, 4.69) is 10.3 Å². The van der Waals surface area contributed by atoms with E-state index in [1.807, 2.05) is 87.5 Å². The number of ether oxygens (including phenoxy) is 3. The van der Waals surface area contributed by atoms with Crippen LogP contribution >= 0.6 is 0 Å². The van der Waals surface area contributed by atoms with E-state index in [1.54, 1.807) is 36.5 Å². The fourth-order valence-corrected chi connectivity index (χ4v) is 4.18. The molecule has 5 rings (SSSR count). The molecule has 0 aliphatic carbocycles. The number of benzene rings is 3. The SMILES string of the molecule is Cc1ccc(OC(=O)Nc2cc(C)c(-c3ccc(COC(=O)Oc4ccc(C)cc4)nc3)nc2-c2ccccc2)cc1. The predicted molar refractivity (Wildman–Crippen MR) is 160 cm³/mol. The summed E-state index contributed by atoms with van der Waals surface area (Å²) in [4.78, 5) is 34.2. The van der Waals surface area contributed by atoms with Gasteiger partial charge < -0.3 is 14.2 Å². The number of rotatable bonds is 7. The van der Waals surface area contributed by atoms with Crippen molar-refractivity contribution in [2.24, 2.45) is 0 Å². The summed E-state index contributed by atoms with van der Waals surface area (Å²) in [5.41, 5.74) is 6.91. The monoisotopic (exact) mass is 559 g/mol. The lowest BCUT2D eigenvalue weighted by atomic mass is 10.0. The third kappa shape index (κ3) is 7.17. The van der Waals surface area contributed by atoms with E-state index in [9.17, 15) is 9.59 Å². The minimum atomic E-state index is -0.807. The summed E-state index contributed by atoms with van der Waals surface area (Å²) in [5.74, 6) is 0.852. The number of nitrogens with one attached hydrogen (secondary N) is 1. The molecule has 0 atom stereocenters. The van der Waals surface area contributed by atoms with Crippen LogP contribution < -0.4 is 14.8 Å². The minimum Gasteiger partial charge on any atom is -0.427 e. The van der Waals surface area contributed by atoms with Crippen LogP contribution in [0.15, 0.2) is 103 Å². The number of aromatic nitrogens is 2. The molecular weight excluding hydrogens is 530 g/mol. The first-order valence-corrected chi connectivity index (χ1v) is 13.3. The smallest absolute Gasteiger partial charge is 0.427 e. The van der Waals surface area contributed by atoms with Crippen molar-refractivity contribution in [1.29, 1.82) is 0 Å². The Balaban J connectivity index is 1.32. The first-order chi connectivity index (χ1) is 20.3. The van der Waals surface area contributed by atoms with Gasteiger partial charge in [0, 0.05) is 17.3 Å². The van der Waals surface area contributed by atoms with E-state index in [4.69, 9.17) is 19.2 Å². The lowest BCUT2D eigenvalue weighted by Gasteiger charge is -2.15. The van der Waals surface area contributed by atoms with Gasteiger partial charge in [-0.1, -0.05) is 65.7 Å². The molecule has 8 nitrogen and oxygen atoms in total. The average Bonchev–Trinajstić information content (AvgIpc) is 2.99. The van der Waals surface area contributed by atoms with Crippen LogP contribution in [-0.4, -0.2) is 22.2 Å². The Morgan fingerprint density at radius 2 is 1.36 bits per heavy atom. The van der Waals surface area contributed by atoms with Crippen LogP contribution in [0.4, 0.5) is 15.3 Å². The van der Waals surface area contributed by atoms with Crippen LogP contribution in [0.25, 0.3) is 22.5 Å². The summed E-state index contributed by atoms with van der Waals surface area (Å²) in [6, 6.07) is 29.4. The molecule has 42 heavy (non-hydrogen) atoms. The van der Waals surface area contributed by atoms with Gasteiger partial charge in [-0.15, -0.1) is 0 Å². The number of nitrogens with zero attached hydrogens (tertiary/aromatic N) is 2. The predicted octanol–water partition coefficient (Wildman–Crippen LogP) is 8.06. The Morgan fingerprint density at radius 3 is 1.98 bits per heavy atom. The molecule has 210 valence electrons. The van der Waals surface area contributed by atoms with Crippen molar-refractivity contribution in [3.63, 3.8) is 0 Å². The molecule has 0 unspecified atom stereocenters. The highest BCUT2D eigenvalue weighted by atomic mass is 16.7. The molecule has 0 bridgehead atoms. The van der Waals surface area contributed by atoms with Gasteiger partial charge in [0.15, 0.2) is 0 Å². The number of hydrogen-bond donors (Lipinski definition) is 1. The lowest BCUT2D eigenvalue weighted by Crippen LogP contribution is -2.18. The Bertz CT molecular complexity index is 1690. The lowest BCUT2D eigenvalue weighted by molar-refractivity contribution is 0.0916. The summed E-state index contributed by atoms with van der Waals surface area (Å²) in [6.07, 6.45) is 0.253. The number of carbonyl (C=O) groups is 2. The molecular formula is C34H29N3O5. The van der Waals surface area contributed by atoms with Crippen molar-refractivity contribution in [3.8, 4) is 34.0 Å². The average molecular weight is 560 g/mol. The van der Waals surface area contributed by atoms with Crippen molar-refractivity contribution in [2.75, 3.05) is 5.32 Å². The van der Waals surface area contributed by atoms with Crippen LogP contribution in [0.5, 0.6) is 11.5 Å². The molecule has 0 aliphatic rings. The maximum absolute atomic E-state index is 12.8. The number of hydrogen-bond acceptors (Lipinski definition) is 7. The van der Waals surface area contributed by atoms with E-state index >= 15 is 0 Å². The van der Waals surface area contributed by atoms with E-state index < -0.39 is 12.2 Å². The maximum atomic E-state index is 12.8. The van der Waals surface area contributed by atoms with Crippen LogP contribution in [0, 0.1) is 20.8 Å². The van der Waals surface area contributed by atoms with Gasteiger partial charge in [0.2, 0.25) is 0 Å². The molecule has 0 saturated carbocycles. The molecule has 0 aliphatic heterocycles. The molecule has 8 heteroatoms. The van der Waals surface area contributed by atoms with E-state index in [0.29, 0.717) is 34.3 Å². The zero-order chi connectivity index (χ0) is 29.5. The quantitative estimate of drug-likeness (QED) is 0.159. The zero-order valence-electron chi connectivity index (χ0n) is 23.5. The second-order valence-electron chi connectivity index (χ2n) is 9.74. The molecule has 0 spiro atoms. The zero-order valence-corrected chi connectivity index (χ0v) is 23.5. The molecule has 2 aromatic heterocycles. The fourth-order valence-electron chi connectivity index (χ4n) is 4.18. The second-order valence-corrected chi connectivity index (χ2v) is 9.74. The number of carbonyl (C=O) groups excluding carboxylic acids is 2. The van der Waals surface area contributed by atoms with Crippen molar-refractivity contribution < 1.29 is 23.8 Å². The van der Waals surface area contributed by atoms with Gasteiger partial charge in [-0.2, -0.15) is 0 Å². The maximum Gasteiger partial charge on any atom is 0.514 e. The summed E-state index contributed by atoms with van der Waals surface area (Å²) >= 11 is 0. The van der Waals surface area contributed by atoms with E-state index in [1.165, 1.54) is 0 Å². The Kier molecular flexibility index (Phi) is 8.53. The van der Waals surface area contributed by atoms with E-state index in [-0.39, 0.29) is 6.61 Å². The van der Waals surface area contributed by atoms with Crippen molar-refractivity contribution >= 4 is 17.9 Å². The van der Waals surface area contributed by atoms with Crippen LogP contribution in [0.3, 0.4) is 0 Å². The number of pyridine rings is 2. The normalized spacial score (nSPS) is 10.5. The molecule has 0 saturated heterocycles. The summed E-state index contributed by atoms with van der Waals surface area (Å²) in [6.45, 7) is 5.78. The highest BCUT2D eigenvalue weighted by molar-refractivity contribution is 5.92. The largest absolute Gasteiger partial charge is 0.514 e. The second kappa shape index (κ2) is 12.8. The molecule has 0 radical (unpaired) electrons. The van der Waals surface area contributed by atoms with Crippen LogP contribution in [0.1, 0.15) is 22.4 Å². The van der Waals surface area contributed by atoms with Gasteiger partial charge >= 0.3 is 12.2 Å². The summed E-state index contributed by atoms with van der Waals surface area (Å²) in [5, 5.41) is 2.85. The highest BCUT2D eigenvalue weighted by Crippen LogP contribution is 2.32. The van der Waals surface area contributed by atoms with Gasteiger partial charge in [0.05, 0.1) is 22.8 Å². The van der Waals surface area contributed by atoms with Gasteiger partial charge in [-0.3, -0.25) is 10.3 Å². The van der Waals surface area contributed by atoms with Gasteiger partial charge in [-0.25, -0.2) is 14.6 Å². The van der Waals surface area contributed by atoms with Crippen LogP contribution in [0.2, 0.25) is 0 Å². The molecule has 2 heterocycles. The van der Waals surface area contributed by atoms with E-state index in [0.717, 1.165) is 27.8 Å². The Hall–Kier alpha value is -5.50. The Morgan fingerprint density at radius 1 is 0.714 bits per heavy atom. The third-order valence-electron chi connectivity index (χ3n) is 6.39. The topological polar surface area (TPSA) is 99.6 Å². The molecule has 5 aromatic rings. The number of aryl methyl sites for hydroxylation is 3. The highest BCUT2D eigenvalue weighted by Gasteiger charge is 2.17. The standard InChI is InChI=1S/C34H29N3O5/c1-22-9-15-28(16-10-22)41-33(38)36-30-19-24(3)31(37-32(30)25-7-5-4-6-8-25)26-13-14-27(35-20-26)21-40-34(39)42-29-17-11-23(2)12-18-29/h4-20H,21H2,1-3H3,(H,36,38). The fraction of sp³-hybridized carbons (Fsp3) is 0.118. The summed E-state index contributed by atoms with van der Waals surface area (Å²) < 4.78 is 15.9. The summed E-state index contributed by atoms with van der Waals surface area (Å²) in [7, 11) is 0. The Labute approximate surface area is 244 Å². The van der Waals surface area contributed by atoms with Crippen LogP contribution in [-0.2, 0) is 11.3 Å². The minimum absolute atomic E-state index is 0.0431. The molecule has 1 amide bonds. The van der Waals surface area contributed by atoms with Crippen molar-refractivity contribution in [1.82, 2.24) is 9.97 Å². The molecule has 0 fully saturated rings. The third-order valence-corrected chi connectivity index (χ3v) is 6.39.